The molecule has 2 bridgehead atoms. The van der Waals surface area contributed by atoms with Gasteiger partial charge in [0.25, 0.3) is 5.91 Å². The molecule has 11 heteroatoms. The van der Waals surface area contributed by atoms with Crippen LogP contribution in [-0.2, 0) is 20.7 Å². The summed E-state index contributed by atoms with van der Waals surface area (Å²) in [5.41, 5.74) is 0.607. The predicted octanol–water partition coefficient (Wildman–Crippen LogP) is 3.31. The monoisotopic (exact) mass is 525 g/mol. The van der Waals surface area contributed by atoms with Gasteiger partial charge in [-0.2, -0.15) is 10.4 Å². The first-order chi connectivity index (χ1) is 18.0. The van der Waals surface area contributed by atoms with Crippen molar-refractivity contribution < 1.29 is 28.2 Å². The average Bonchev–Trinajstić information content (AvgIpc) is 3.60. The Labute approximate surface area is 220 Å². The minimum Gasteiger partial charge on any atom is -0.444 e. The molecular weight excluding hydrogens is 493 g/mol. The molecule has 2 aromatic rings. The van der Waals surface area contributed by atoms with Crippen LogP contribution in [-0.4, -0.2) is 70.0 Å². The molecular formula is C27H32FN5O5. The molecule has 1 aliphatic carbocycles. The molecule has 2 heterocycles. The molecule has 1 aromatic heterocycles. The number of ether oxygens (including phenoxy) is 2. The fraction of sp³-hybridized carbons (Fsp3) is 0.519. The third-order valence-electron chi connectivity index (χ3n) is 6.85. The van der Waals surface area contributed by atoms with Crippen molar-refractivity contribution in [2.24, 2.45) is 5.92 Å². The molecule has 10 nitrogen and oxygen atoms in total. The summed E-state index contributed by atoms with van der Waals surface area (Å²) < 4.78 is 26.5. The summed E-state index contributed by atoms with van der Waals surface area (Å²) in [7, 11) is 1.40. The van der Waals surface area contributed by atoms with Gasteiger partial charge in [-0.3, -0.25) is 14.5 Å². The molecule has 2 aliphatic rings. The zero-order valence-electron chi connectivity index (χ0n) is 21.9. The number of nitriles is 1. The fourth-order valence-corrected chi connectivity index (χ4v) is 5.20. The number of halogens is 1. The van der Waals surface area contributed by atoms with Gasteiger partial charge >= 0.3 is 6.09 Å². The standard InChI is InChI=1S/C27H32FN5O5/c1-27(2,3)38-26(36)33-21-8-7-18(10-21)24(33)25(35)31-20(12-29)9-17-6-5-16(11-22(17)28)19-13-30-32(14-19)23(34)15-37-4/h5-6,11,13-14,18,20-21,24H,7-10,15H2,1-4H3,(H,31,35)/t18-,20-,21+,24-/m0/s1. The van der Waals surface area contributed by atoms with E-state index in [-0.39, 0.29) is 36.5 Å². The van der Waals surface area contributed by atoms with Crippen molar-refractivity contribution in [3.8, 4) is 17.2 Å². The number of rotatable bonds is 7. The van der Waals surface area contributed by atoms with Crippen LogP contribution in [0, 0.1) is 23.1 Å². The molecule has 38 heavy (non-hydrogen) atoms. The number of likely N-dealkylation sites (tertiary alicyclic amines) is 1. The number of carbonyl (C=O) groups is 3. The highest BCUT2D eigenvalue weighted by atomic mass is 19.1. The normalized spacial score (nSPS) is 21.2. The Kier molecular flexibility index (Phi) is 7.83. The summed E-state index contributed by atoms with van der Waals surface area (Å²) in [6.07, 6.45) is 4.71. The fourth-order valence-electron chi connectivity index (χ4n) is 5.20. The topological polar surface area (TPSA) is 127 Å². The van der Waals surface area contributed by atoms with Crippen LogP contribution >= 0.6 is 0 Å². The van der Waals surface area contributed by atoms with Gasteiger partial charge in [0.2, 0.25) is 5.91 Å². The van der Waals surface area contributed by atoms with E-state index in [1.807, 2.05) is 6.07 Å². The van der Waals surface area contributed by atoms with Gasteiger partial charge in [-0.25, -0.2) is 13.9 Å². The quantitative estimate of drug-likeness (QED) is 0.588. The summed E-state index contributed by atoms with van der Waals surface area (Å²) in [6.45, 7) is 5.18. The number of carbonyl (C=O) groups excluding carboxylic acids is 3. The van der Waals surface area contributed by atoms with Crippen LogP contribution in [0.15, 0.2) is 30.6 Å². The van der Waals surface area contributed by atoms with Gasteiger partial charge in [0.05, 0.1) is 12.3 Å². The molecule has 1 saturated carbocycles. The molecule has 0 radical (unpaired) electrons. The SMILES string of the molecule is COCC(=O)n1cc(-c2ccc(C[C@@H](C#N)NC(=O)[C@@H]3[C@H]4CC[C@H](C4)N3C(=O)OC(C)(C)C)c(F)c2)cn1. The number of hydrogen-bond donors (Lipinski definition) is 1. The van der Waals surface area contributed by atoms with Gasteiger partial charge in [0.1, 0.15) is 30.1 Å². The molecule has 0 spiro atoms. The molecule has 4 rings (SSSR count). The second-order valence-electron chi connectivity index (χ2n) is 10.8. The van der Waals surface area contributed by atoms with Crippen LogP contribution in [0.3, 0.4) is 0 Å². The summed E-state index contributed by atoms with van der Waals surface area (Å²) in [5.74, 6) is -1.34. The van der Waals surface area contributed by atoms with Crippen LogP contribution in [0.5, 0.6) is 0 Å². The summed E-state index contributed by atoms with van der Waals surface area (Å²) in [6, 6.07) is 4.77. The Bertz CT molecular complexity index is 1260. The van der Waals surface area contributed by atoms with E-state index in [1.54, 1.807) is 32.9 Å². The Morgan fingerprint density at radius 3 is 2.68 bits per heavy atom. The molecule has 1 N–H and O–H groups in total. The third kappa shape index (κ3) is 5.86. The van der Waals surface area contributed by atoms with E-state index >= 15 is 0 Å². The number of amides is 2. The van der Waals surface area contributed by atoms with Crippen molar-refractivity contribution in [3.05, 3.63) is 42.0 Å². The Balaban J connectivity index is 1.44. The highest BCUT2D eigenvalue weighted by Gasteiger charge is 2.52. The van der Waals surface area contributed by atoms with Crippen molar-refractivity contribution in [1.29, 1.82) is 5.26 Å². The van der Waals surface area contributed by atoms with E-state index in [4.69, 9.17) is 9.47 Å². The van der Waals surface area contributed by atoms with Crippen LogP contribution in [0.25, 0.3) is 11.1 Å². The molecule has 1 aliphatic heterocycles. The van der Waals surface area contributed by atoms with Crippen LogP contribution < -0.4 is 5.32 Å². The van der Waals surface area contributed by atoms with Crippen molar-refractivity contribution in [1.82, 2.24) is 20.0 Å². The van der Waals surface area contributed by atoms with E-state index in [2.05, 4.69) is 10.4 Å². The van der Waals surface area contributed by atoms with E-state index in [1.165, 1.54) is 30.5 Å². The smallest absolute Gasteiger partial charge is 0.411 e. The van der Waals surface area contributed by atoms with Gasteiger partial charge in [-0.1, -0.05) is 12.1 Å². The summed E-state index contributed by atoms with van der Waals surface area (Å²) in [4.78, 5) is 39.5. The number of aromatic nitrogens is 2. The van der Waals surface area contributed by atoms with Gasteiger partial charge in [0.15, 0.2) is 0 Å². The molecule has 0 unspecified atom stereocenters. The lowest BCUT2D eigenvalue weighted by atomic mass is 9.97. The van der Waals surface area contributed by atoms with Gasteiger partial charge in [0, 0.05) is 31.3 Å². The van der Waals surface area contributed by atoms with E-state index in [0.29, 0.717) is 11.1 Å². The van der Waals surface area contributed by atoms with E-state index in [9.17, 15) is 24.0 Å². The first-order valence-corrected chi connectivity index (χ1v) is 12.6. The lowest BCUT2D eigenvalue weighted by molar-refractivity contribution is -0.128. The molecule has 2 fully saturated rings. The Hall–Kier alpha value is -3.78. The van der Waals surface area contributed by atoms with Crippen molar-refractivity contribution in [2.45, 2.75) is 70.2 Å². The summed E-state index contributed by atoms with van der Waals surface area (Å²) >= 11 is 0. The maximum atomic E-state index is 15.0. The number of piperidine rings is 1. The largest absolute Gasteiger partial charge is 0.444 e. The van der Waals surface area contributed by atoms with E-state index < -0.39 is 35.5 Å². The molecule has 2 amide bonds. The second kappa shape index (κ2) is 10.9. The number of methoxy groups -OCH3 is 1. The number of hydrogen-bond acceptors (Lipinski definition) is 7. The number of nitrogens with zero attached hydrogens (tertiary/aromatic N) is 4. The number of fused-ring (bicyclic) bond motifs is 2. The van der Waals surface area contributed by atoms with Gasteiger partial charge in [-0.05, 0) is 63.1 Å². The molecule has 1 aromatic carbocycles. The van der Waals surface area contributed by atoms with Gasteiger partial charge in [-0.15, -0.1) is 0 Å². The first kappa shape index (κ1) is 27.3. The number of benzene rings is 1. The van der Waals surface area contributed by atoms with Crippen molar-refractivity contribution in [2.75, 3.05) is 13.7 Å². The minimum atomic E-state index is -0.989. The van der Waals surface area contributed by atoms with E-state index in [0.717, 1.165) is 23.9 Å². The Morgan fingerprint density at radius 2 is 2.03 bits per heavy atom. The molecule has 1 saturated heterocycles. The van der Waals surface area contributed by atoms with Crippen LogP contribution in [0.4, 0.5) is 9.18 Å². The second-order valence-corrected chi connectivity index (χ2v) is 10.8. The molecule has 202 valence electrons. The summed E-state index contributed by atoms with van der Waals surface area (Å²) in [5, 5.41) is 16.4. The van der Waals surface area contributed by atoms with Gasteiger partial charge < -0.3 is 14.8 Å². The highest BCUT2D eigenvalue weighted by Crippen LogP contribution is 2.43. The van der Waals surface area contributed by atoms with Crippen molar-refractivity contribution >= 4 is 17.9 Å². The minimum absolute atomic E-state index is 0.000400. The number of nitrogens with one attached hydrogen (secondary N) is 1. The zero-order valence-corrected chi connectivity index (χ0v) is 21.9. The Morgan fingerprint density at radius 1 is 1.26 bits per heavy atom. The highest BCUT2D eigenvalue weighted by molar-refractivity contribution is 5.87. The lowest BCUT2D eigenvalue weighted by Crippen LogP contribution is -2.55. The average molecular weight is 526 g/mol. The maximum Gasteiger partial charge on any atom is 0.411 e. The first-order valence-electron chi connectivity index (χ1n) is 12.6. The van der Waals surface area contributed by atoms with Crippen LogP contribution in [0.2, 0.25) is 0 Å². The third-order valence-corrected chi connectivity index (χ3v) is 6.85. The predicted molar refractivity (Wildman–Crippen MR) is 134 cm³/mol. The zero-order chi connectivity index (χ0) is 27.6. The maximum absolute atomic E-state index is 15.0. The molecule has 4 atom stereocenters. The lowest BCUT2D eigenvalue weighted by Gasteiger charge is -2.35. The van der Waals surface area contributed by atoms with Crippen LogP contribution in [0.1, 0.15) is 50.4 Å². The van der Waals surface area contributed by atoms with Crippen molar-refractivity contribution in [3.63, 3.8) is 0 Å².